The van der Waals surface area contributed by atoms with Crippen molar-refractivity contribution < 1.29 is 9.59 Å². The van der Waals surface area contributed by atoms with Gasteiger partial charge in [0.2, 0.25) is 5.91 Å². The molecule has 0 saturated carbocycles. The number of amides is 3. The minimum absolute atomic E-state index is 0.0766. The molecule has 0 saturated heterocycles. The second-order valence-electron chi connectivity index (χ2n) is 3.05. The van der Waals surface area contributed by atoms with Crippen molar-refractivity contribution in [1.29, 1.82) is 0 Å². The van der Waals surface area contributed by atoms with Crippen molar-refractivity contribution in [2.75, 3.05) is 11.2 Å². The third-order valence-electron chi connectivity index (χ3n) is 1.78. The first-order valence-corrected chi connectivity index (χ1v) is 5.96. The molecule has 1 rings (SSSR count). The summed E-state index contributed by atoms with van der Waals surface area (Å²) >= 11 is 16.7. The Kier molecular flexibility index (Phi) is 5.55. The molecule has 92 valence electrons. The summed E-state index contributed by atoms with van der Waals surface area (Å²) in [6.45, 7) is 0. The van der Waals surface area contributed by atoms with E-state index in [-0.39, 0.29) is 5.88 Å². The van der Waals surface area contributed by atoms with Gasteiger partial charge in [0.05, 0.1) is 10.7 Å². The lowest BCUT2D eigenvalue weighted by molar-refractivity contribution is -0.119. The van der Waals surface area contributed by atoms with Crippen LogP contribution in [-0.4, -0.2) is 23.2 Å². The highest BCUT2D eigenvalue weighted by Gasteiger charge is 2.16. The van der Waals surface area contributed by atoms with Crippen LogP contribution in [0.25, 0.3) is 0 Å². The van der Waals surface area contributed by atoms with E-state index in [1.54, 1.807) is 24.3 Å². The number of benzene rings is 1. The number of imide groups is 1. The number of anilines is 1. The van der Waals surface area contributed by atoms with Crippen LogP contribution in [0.1, 0.15) is 0 Å². The number of rotatable bonds is 3. The summed E-state index contributed by atoms with van der Waals surface area (Å²) in [5.41, 5.74) is 0.400. The van der Waals surface area contributed by atoms with Gasteiger partial charge in [0, 0.05) is 5.88 Å². The van der Waals surface area contributed by atoms with Gasteiger partial charge < -0.3 is 5.32 Å². The van der Waals surface area contributed by atoms with Crippen LogP contribution in [0.3, 0.4) is 0 Å². The SMILES string of the molecule is O=C(NC(=O)C(Cl)CCl)Nc1ccccc1Cl. The predicted octanol–water partition coefficient (Wildman–Crippen LogP) is 2.83. The van der Waals surface area contributed by atoms with E-state index in [1.165, 1.54) is 0 Å². The molecule has 0 radical (unpaired) electrons. The van der Waals surface area contributed by atoms with Crippen molar-refractivity contribution in [3.05, 3.63) is 29.3 Å². The first-order chi connectivity index (χ1) is 8.04. The van der Waals surface area contributed by atoms with E-state index >= 15 is 0 Å². The normalized spacial score (nSPS) is 11.7. The first-order valence-electron chi connectivity index (χ1n) is 4.61. The fourth-order valence-corrected chi connectivity index (χ4v) is 1.35. The Morgan fingerprint density at radius 2 is 1.94 bits per heavy atom. The van der Waals surface area contributed by atoms with Gasteiger partial charge in [0.1, 0.15) is 5.38 Å². The lowest BCUT2D eigenvalue weighted by Gasteiger charge is -2.09. The fraction of sp³-hybridized carbons (Fsp3) is 0.200. The van der Waals surface area contributed by atoms with Gasteiger partial charge in [-0.15, -0.1) is 23.2 Å². The molecule has 4 nitrogen and oxygen atoms in total. The number of urea groups is 1. The molecule has 1 aromatic carbocycles. The monoisotopic (exact) mass is 294 g/mol. The average Bonchev–Trinajstić information content (AvgIpc) is 2.31. The molecule has 0 aliphatic rings. The maximum atomic E-state index is 11.4. The Morgan fingerprint density at radius 1 is 1.29 bits per heavy atom. The second kappa shape index (κ2) is 6.69. The summed E-state index contributed by atoms with van der Waals surface area (Å²) in [5.74, 6) is -0.738. The van der Waals surface area contributed by atoms with Gasteiger partial charge in [0.25, 0.3) is 0 Å². The number of halogens is 3. The quantitative estimate of drug-likeness (QED) is 0.842. The molecule has 2 N–H and O–H groups in total. The van der Waals surface area contributed by atoms with Crippen LogP contribution in [0.4, 0.5) is 10.5 Å². The average molecular weight is 296 g/mol. The molecule has 0 aromatic heterocycles. The topological polar surface area (TPSA) is 58.2 Å². The highest BCUT2D eigenvalue weighted by Crippen LogP contribution is 2.20. The van der Waals surface area contributed by atoms with Crippen LogP contribution in [0.2, 0.25) is 5.02 Å². The third-order valence-corrected chi connectivity index (χ3v) is 2.93. The Labute approximate surface area is 113 Å². The maximum absolute atomic E-state index is 11.4. The van der Waals surface area contributed by atoms with Gasteiger partial charge in [-0.2, -0.15) is 0 Å². The minimum atomic E-state index is -0.950. The zero-order valence-electron chi connectivity index (χ0n) is 8.54. The molecule has 17 heavy (non-hydrogen) atoms. The minimum Gasteiger partial charge on any atom is -0.306 e. The van der Waals surface area contributed by atoms with Crippen LogP contribution >= 0.6 is 34.8 Å². The molecular weight excluding hydrogens is 286 g/mol. The van der Waals surface area contributed by atoms with Crippen LogP contribution in [-0.2, 0) is 4.79 Å². The standard InChI is InChI=1S/C10H9Cl3N2O2/c11-5-7(13)9(16)15-10(17)14-8-4-2-1-3-6(8)12/h1-4,7H,5H2,(H2,14,15,16,17). The van der Waals surface area contributed by atoms with Crippen molar-refractivity contribution >= 4 is 52.4 Å². The van der Waals surface area contributed by atoms with Gasteiger partial charge in [0.15, 0.2) is 0 Å². The summed E-state index contributed by atoms with van der Waals surface area (Å²) in [4.78, 5) is 22.6. The Morgan fingerprint density at radius 3 is 2.53 bits per heavy atom. The number of para-hydroxylation sites is 1. The Bertz CT molecular complexity index is 426. The molecule has 7 heteroatoms. The first kappa shape index (κ1) is 14.1. The number of nitrogens with one attached hydrogen (secondary N) is 2. The van der Waals surface area contributed by atoms with Gasteiger partial charge in [-0.1, -0.05) is 23.7 Å². The summed E-state index contributed by atoms with van der Waals surface area (Å²) < 4.78 is 0. The number of carbonyl (C=O) groups is 2. The molecule has 1 unspecified atom stereocenters. The molecule has 0 fully saturated rings. The summed E-state index contributed by atoms with van der Waals surface area (Å²) in [7, 11) is 0. The van der Waals surface area contributed by atoms with Crippen LogP contribution in [0.15, 0.2) is 24.3 Å². The lowest BCUT2D eigenvalue weighted by atomic mass is 10.3. The van der Waals surface area contributed by atoms with Crippen molar-refractivity contribution in [1.82, 2.24) is 5.32 Å². The van der Waals surface area contributed by atoms with Crippen molar-refractivity contribution in [2.24, 2.45) is 0 Å². The van der Waals surface area contributed by atoms with E-state index in [9.17, 15) is 9.59 Å². The molecule has 1 atom stereocenters. The van der Waals surface area contributed by atoms with Crippen LogP contribution < -0.4 is 10.6 Å². The predicted molar refractivity (Wildman–Crippen MR) is 69.0 cm³/mol. The van der Waals surface area contributed by atoms with Crippen molar-refractivity contribution in [3.63, 3.8) is 0 Å². The van der Waals surface area contributed by atoms with Gasteiger partial charge in [-0.3, -0.25) is 10.1 Å². The van der Waals surface area contributed by atoms with Crippen molar-refractivity contribution in [3.8, 4) is 0 Å². The molecule has 0 aliphatic heterocycles. The summed E-state index contributed by atoms with van der Waals surface area (Å²) in [6, 6.07) is 5.93. The highest BCUT2D eigenvalue weighted by molar-refractivity contribution is 6.37. The maximum Gasteiger partial charge on any atom is 0.325 e. The largest absolute Gasteiger partial charge is 0.325 e. The number of carbonyl (C=O) groups excluding carboxylic acids is 2. The molecule has 0 bridgehead atoms. The second-order valence-corrected chi connectivity index (χ2v) is 4.29. The van der Waals surface area contributed by atoms with E-state index < -0.39 is 17.3 Å². The fourth-order valence-electron chi connectivity index (χ4n) is 0.976. The summed E-state index contributed by atoms with van der Waals surface area (Å²) in [6.07, 6.45) is 0. The molecule has 0 heterocycles. The number of hydrogen-bond acceptors (Lipinski definition) is 2. The smallest absolute Gasteiger partial charge is 0.306 e. The highest BCUT2D eigenvalue weighted by atomic mass is 35.5. The molecule has 0 spiro atoms. The van der Waals surface area contributed by atoms with Gasteiger partial charge >= 0.3 is 6.03 Å². The third kappa shape index (κ3) is 4.42. The zero-order valence-corrected chi connectivity index (χ0v) is 10.8. The summed E-state index contributed by atoms with van der Waals surface area (Å²) in [5, 5.41) is 3.88. The molecule has 1 aromatic rings. The Balaban J connectivity index is 2.56. The van der Waals surface area contributed by atoms with E-state index in [2.05, 4.69) is 5.32 Å². The van der Waals surface area contributed by atoms with E-state index in [0.717, 1.165) is 0 Å². The lowest BCUT2D eigenvalue weighted by Crippen LogP contribution is -2.39. The Hall–Kier alpha value is -0.970. The number of hydrogen-bond donors (Lipinski definition) is 2. The van der Waals surface area contributed by atoms with Crippen LogP contribution in [0.5, 0.6) is 0 Å². The molecule has 3 amide bonds. The van der Waals surface area contributed by atoms with Gasteiger partial charge in [-0.05, 0) is 12.1 Å². The number of alkyl halides is 2. The van der Waals surface area contributed by atoms with Crippen molar-refractivity contribution in [2.45, 2.75) is 5.38 Å². The van der Waals surface area contributed by atoms with E-state index in [1.807, 2.05) is 5.32 Å². The zero-order chi connectivity index (χ0) is 12.8. The van der Waals surface area contributed by atoms with E-state index in [0.29, 0.717) is 10.7 Å². The molecular formula is C10H9Cl3N2O2. The molecule has 0 aliphatic carbocycles. The van der Waals surface area contributed by atoms with E-state index in [4.69, 9.17) is 34.8 Å². The van der Waals surface area contributed by atoms with Gasteiger partial charge in [-0.25, -0.2) is 4.79 Å². The van der Waals surface area contributed by atoms with Crippen LogP contribution in [0, 0.1) is 0 Å².